The predicted molar refractivity (Wildman–Crippen MR) is 130 cm³/mol. The molecule has 0 aliphatic rings. The minimum absolute atomic E-state index is 0.0447. The van der Waals surface area contributed by atoms with E-state index in [1.54, 1.807) is 31.1 Å². The molecule has 0 bridgehead atoms. The van der Waals surface area contributed by atoms with Crippen LogP contribution in [0.3, 0.4) is 0 Å². The number of aromatic nitrogens is 1. The topological polar surface area (TPSA) is 114 Å². The number of hydrogen-bond donors (Lipinski definition) is 3. The molecule has 0 fully saturated rings. The van der Waals surface area contributed by atoms with Gasteiger partial charge < -0.3 is 16.8 Å². The second-order valence-electron chi connectivity index (χ2n) is 8.66. The molecule has 2 aromatic carbocycles. The Kier molecular flexibility index (Phi) is 8.14. The lowest BCUT2D eigenvalue weighted by molar-refractivity contribution is -0.142. The predicted octanol–water partition coefficient (Wildman–Crippen LogP) is 2.45. The van der Waals surface area contributed by atoms with Crippen LogP contribution >= 0.6 is 0 Å². The highest BCUT2D eigenvalue weighted by atomic mass is 19.2. The van der Waals surface area contributed by atoms with Gasteiger partial charge in [-0.2, -0.15) is 0 Å². The largest absolute Gasteiger partial charge is 0.384 e. The Balaban J connectivity index is 2.02. The lowest BCUT2D eigenvalue weighted by Gasteiger charge is -2.43. The van der Waals surface area contributed by atoms with E-state index in [1.165, 1.54) is 12.3 Å². The maximum absolute atomic E-state index is 14.0. The van der Waals surface area contributed by atoms with E-state index < -0.39 is 34.9 Å². The molecule has 1 unspecified atom stereocenters. The van der Waals surface area contributed by atoms with Gasteiger partial charge in [-0.3, -0.25) is 14.5 Å². The second-order valence-corrected chi connectivity index (χ2v) is 8.66. The van der Waals surface area contributed by atoms with Crippen molar-refractivity contribution in [3.63, 3.8) is 0 Å². The van der Waals surface area contributed by atoms with Crippen molar-refractivity contribution >= 4 is 17.6 Å². The number of nitrogens with one attached hydrogen (secondary N) is 1. The summed E-state index contributed by atoms with van der Waals surface area (Å²) in [4.78, 5) is 32.3. The summed E-state index contributed by atoms with van der Waals surface area (Å²) in [5.41, 5.74) is 12.0. The molecule has 3 rings (SSSR count). The van der Waals surface area contributed by atoms with E-state index in [1.807, 2.05) is 30.3 Å². The molecule has 9 heteroatoms. The van der Waals surface area contributed by atoms with Crippen LogP contribution in [0.4, 0.5) is 14.6 Å². The molecule has 35 heavy (non-hydrogen) atoms. The summed E-state index contributed by atoms with van der Waals surface area (Å²) < 4.78 is 27.6. The fourth-order valence-corrected chi connectivity index (χ4v) is 4.21. The highest BCUT2D eigenvalue weighted by Gasteiger charge is 2.49. The number of nitrogen functional groups attached to an aromatic ring is 1. The van der Waals surface area contributed by atoms with E-state index in [9.17, 15) is 18.4 Å². The molecule has 2 amide bonds. The van der Waals surface area contributed by atoms with Crippen molar-refractivity contribution in [3.8, 4) is 0 Å². The van der Waals surface area contributed by atoms with Gasteiger partial charge in [0.25, 0.3) is 0 Å². The number of likely N-dealkylation sites (N-methyl/N-ethyl adjacent to an activating group) is 1. The molecular weight excluding hydrogens is 452 g/mol. The van der Waals surface area contributed by atoms with E-state index in [0.717, 1.165) is 17.7 Å². The molecule has 3 aromatic rings. The van der Waals surface area contributed by atoms with Crippen LogP contribution in [-0.4, -0.2) is 41.3 Å². The fraction of sp³-hybridized carbons (Fsp3) is 0.269. The minimum Gasteiger partial charge on any atom is -0.384 e. The van der Waals surface area contributed by atoms with Gasteiger partial charge in [0.05, 0.1) is 5.92 Å². The van der Waals surface area contributed by atoms with Crippen LogP contribution in [0.1, 0.15) is 16.7 Å². The molecule has 0 spiro atoms. The SMILES string of the molecule is CN(C)C(Cc1ccccc1)(C(N)=O)[C@H](Cc1ccc(F)c(F)c1)C(=O)NCc1ccc(N)nc1. The van der Waals surface area contributed by atoms with E-state index in [-0.39, 0.29) is 19.4 Å². The van der Waals surface area contributed by atoms with E-state index in [4.69, 9.17) is 11.5 Å². The Morgan fingerprint density at radius 1 is 1.00 bits per heavy atom. The summed E-state index contributed by atoms with van der Waals surface area (Å²) in [5.74, 6) is -3.88. The normalized spacial score (nSPS) is 13.7. The van der Waals surface area contributed by atoms with Crippen molar-refractivity contribution < 1.29 is 18.4 Å². The number of benzene rings is 2. The van der Waals surface area contributed by atoms with Gasteiger partial charge >= 0.3 is 0 Å². The molecule has 0 radical (unpaired) electrons. The molecular formula is C26H29F2N5O2. The zero-order valence-corrected chi connectivity index (χ0v) is 19.7. The zero-order chi connectivity index (χ0) is 25.6. The lowest BCUT2D eigenvalue weighted by Crippen LogP contribution is -2.64. The fourth-order valence-electron chi connectivity index (χ4n) is 4.21. The number of nitrogens with two attached hydrogens (primary N) is 2. The molecule has 7 nitrogen and oxygen atoms in total. The van der Waals surface area contributed by atoms with Gasteiger partial charge in [0.1, 0.15) is 11.4 Å². The van der Waals surface area contributed by atoms with Crippen LogP contribution in [-0.2, 0) is 29.0 Å². The number of halogens is 2. The smallest absolute Gasteiger partial charge is 0.239 e. The van der Waals surface area contributed by atoms with E-state index in [0.29, 0.717) is 16.9 Å². The molecule has 5 N–H and O–H groups in total. The minimum atomic E-state index is -1.46. The molecule has 0 aliphatic heterocycles. The summed E-state index contributed by atoms with van der Waals surface area (Å²) in [6, 6.07) is 15.9. The third-order valence-electron chi connectivity index (χ3n) is 6.17. The molecule has 1 heterocycles. The zero-order valence-electron chi connectivity index (χ0n) is 19.7. The van der Waals surface area contributed by atoms with Crippen molar-refractivity contribution in [3.05, 3.63) is 95.2 Å². The average molecular weight is 482 g/mol. The van der Waals surface area contributed by atoms with Gasteiger partial charge in [0.15, 0.2) is 11.6 Å². The van der Waals surface area contributed by atoms with Crippen LogP contribution in [0, 0.1) is 17.6 Å². The third kappa shape index (κ3) is 5.99. The average Bonchev–Trinajstić information content (AvgIpc) is 2.83. The van der Waals surface area contributed by atoms with Crippen molar-refractivity contribution in [2.24, 2.45) is 11.7 Å². The first-order chi connectivity index (χ1) is 16.6. The number of carbonyl (C=O) groups is 2. The van der Waals surface area contributed by atoms with Gasteiger partial charge in [0.2, 0.25) is 11.8 Å². The number of hydrogen-bond acceptors (Lipinski definition) is 5. The monoisotopic (exact) mass is 481 g/mol. The van der Waals surface area contributed by atoms with Crippen molar-refractivity contribution in [2.75, 3.05) is 19.8 Å². The van der Waals surface area contributed by atoms with Crippen LogP contribution in [0.5, 0.6) is 0 Å². The highest BCUT2D eigenvalue weighted by Crippen LogP contribution is 2.32. The summed E-state index contributed by atoms with van der Waals surface area (Å²) in [7, 11) is 3.34. The van der Waals surface area contributed by atoms with Gasteiger partial charge in [0, 0.05) is 19.2 Å². The first-order valence-corrected chi connectivity index (χ1v) is 11.1. The van der Waals surface area contributed by atoms with Crippen molar-refractivity contribution in [1.82, 2.24) is 15.2 Å². The number of rotatable bonds is 10. The number of pyridine rings is 1. The first-order valence-electron chi connectivity index (χ1n) is 11.1. The molecule has 0 aliphatic carbocycles. The van der Waals surface area contributed by atoms with Gasteiger partial charge in [-0.15, -0.1) is 0 Å². The Bertz CT molecular complexity index is 1170. The van der Waals surface area contributed by atoms with Crippen molar-refractivity contribution in [1.29, 1.82) is 0 Å². The van der Waals surface area contributed by atoms with Crippen molar-refractivity contribution in [2.45, 2.75) is 24.9 Å². The van der Waals surface area contributed by atoms with Crippen LogP contribution in [0.15, 0.2) is 66.9 Å². The third-order valence-corrected chi connectivity index (χ3v) is 6.17. The van der Waals surface area contributed by atoms with Crippen LogP contribution in [0.25, 0.3) is 0 Å². The summed E-state index contributed by atoms with van der Waals surface area (Å²) in [6.45, 7) is 0.133. The van der Waals surface area contributed by atoms with Crippen LogP contribution < -0.4 is 16.8 Å². The molecule has 184 valence electrons. The molecule has 1 aromatic heterocycles. The number of anilines is 1. The molecule has 2 atom stereocenters. The number of primary amides is 1. The summed E-state index contributed by atoms with van der Waals surface area (Å²) in [6.07, 6.45) is 1.63. The first kappa shape index (κ1) is 25.8. The van der Waals surface area contributed by atoms with Gasteiger partial charge in [-0.05, 0) is 55.4 Å². The molecule has 0 saturated heterocycles. The number of nitrogens with zero attached hydrogens (tertiary/aromatic N) is 2. The quantitative estimate of drug-likeness (QED) is 0.412. The number of carbonyl (C=O) groups excluding carboxylic acids is 2. The van der Waals surface area contributed by atoms with Gasteiger partial charge in [-0.1, -0.05) is 42.5 Å². The lowest BCUT2D eigenvalue weighted by atomic mass is 9.73. The maximum atomic E-state index is 14.0. The Hall–Kier alpha value is -3.85. The molecule has 0 saturated carbocycles. The van der Waals surface area contributed by atoms with E-state index >= 15 is 0 Å². The summed E-state index contributed by atoms with van der Waals surface area (Å²) in [5, 5.41) is 2.84. The Labute approximate surface area is 203 Å². The Morgan fingerprint density at radius 2 is 1.69 bits per heavy atom. The number of amides is 2. The standard InChI is InChI=1S/C26H29F2N5O2/c1-33(2)26(25(30)35,14-17-6-4-3-5-7-17)20(12-18-8-10-21(27)22(28)13-18)24(34)32-16-19-9-11-23(29)31-15-19/h3-11,13,15,20H,12,14,16H2,1-2H3,(H2,29,31)(H2,30,35)(H,32,34)/t20-,26?/m1/s1. The second kappa shape index (κ2) is 11.1. The maximum Gasteiger partial charge on any atom is 0.239 e. The van der Waals surface area contributed by atoms with Crippen LogP contribution in [0.2, 0.25) is 0 Å². The summed E-state index contributed by atoms with van der Waals surface area (Å²) >= 11 is 0. The van der Waals surface area contributed by atoms with E-state index in [2.05, 4.69) is 10.3 Å². The highest BCUT2D eigenvalue weighted by molar-refractivity contribution is 5.93. The Morgan fingerprint density at radius 3 is 2.26 bits per heavy atom. The van der Waals surface area contributed by atoms with Gasteiger partial charge in [-0.25, -0.2) is 13.8 Å².